The maximum atomic E-state index is 11.9. The van der Waals surface area contributed by atoms with Crippen LogP contribution in [0.15, 0.2) is 35.3 Å². The van der Waals surface area contributed by atoms with Gasteiger partial charge in [0.2, 0.25) is 5.91 Å². The van der Waals surface area contributed by atoms with E-state index >= 15 is 0 Å². The summed E-state index contributed by atoms with van der Waals surface area (Å²) in [7, 11) is 1.82. The van der Waals surface area contributed by atoms with Crippen molar-refractivity contribution < 1.29 is 4.79 Å². The molecule has 2 nitrogen and oxygen atoms in total. The number of halogens is 1. The number of nitrogens with zero attached hydrogens (tertiary/aromatic N) is 1. The molecule has 1 heterocycles. The van der Waals surface area contributed by atoms with Crippen LogP contribution in [0.3, 0.4) is 0 Å². The molecule has 1 aromatic carbocycles. The zero-order valence-electron chi connectivity index (χ0n) is 8.53. The number of anilines is 1. The molecule has 1 aliphatic heterocycles. The van der Waals surface area contributed by atoms with E-state index in [1.165, 1.54) is 0 Å². The van der Waals surface area contributed by atoms with Crippen LogP contribution < -0.4 is 4.90 Å². The maximum Gasteiger partial charge on any atom is 0.234 e. The van der Waals surface area contributed by atoms with Gasteiger partial charge < -0.3 is 4.90 Å². The number of amides is 1. The molecular formula is C12H12BrNO. The number of likely N-dealkylation sites (N-methyl/N-ethyl adjacent to an activating group) is 1. The third-order valence-electron chi connectivity index (χ3n) is 2.76. The van der Waals surface area contributed by atoms with E-state index in [2.05, 4.69) is 22.5 Å². The molecule has 0 spiro atoms. The number of fused-ring (bicyclic) bond motifs is 1. The highest BCUT2D eigenvalue weighted by Crippen LogP contribution is 2.39. The van der Waals surface area contributed by atoms with Crippen molar-refractivity contribution in [2.75, 3.05) is 11.9 Å². The van der Waals surface area contributed by atoms with Gasteiger partial charge in [-0.25, -0.2) is 0 Å². The summed E-state index contributed by atoms with van der Waals surface area (Å²) in [6, 6.07) is 5.96. The number of hydrogen-bond donors (Lipinski definition) is 0. The minimum atomic E-state index is -0.0457. The van der Waals surface area contributed by atoms with Crippen molar-refractivity contribution in [3.05, 3.63) is 40.9 Å². The van der Waals surface area contributed by atoms with E-state index in [1.54, 1.807) is 11.0 Å². The molecule has 2 rings (SSSR count). The molecule has 0 fully saturated rings. The number of allylic oxidation sites excluding steroid dienone is 1. The first-order chi connectivity index (χ1) is 7.15. The fraction of sp³-hybridized carbons (Fsp3) is 0.250. The first kappa shape index (κ1) is 10.4. The molecule has 0 aliphatic carbocycles. The minimum absolute atomic E-state index is 0.0457. The molecule has 1 aliphatic rings. The highest BCUT2D eigenvalue weighted by molar-refractivity contribution is 9.10. The SMILES string of the molecule is C=CCC1C(=O)N(C)c2cc(Br)ccc21. The summed E-state index contributed by atoms with van der Waals surface area (Å²) in [5, 5.41) is 0. The van der Waals surface area contributed by atoms with Crippen LogP contribution in [-0.2, 0) is 4.79 Å². The lowest BCUT2D eigenvalue weighted by molar-refractivity contribution is -0.118. The molecule has 1 amide bonds. The molecule has 15 heavy (non-hydrogen) atoms. The van der Waals surface area contributed by atoms with Crippen molar-refractivity contribution in [1.82, 2.24) is 0 Å². The van der Waals surface area contributed by atoms with Gasteiger partial charge in [-0.05, 0) is 24.1 Å². The van der Waals surface area contributed by atoms with E-state index in [9.17, 15) is 4.79 Å². The zero-order valence-corrected chi connectivity index (χ0v) is 10.1. The molecule has 0 saturated heterocycles. The molecule has 1 unspecified atom stereocenters. The van der Waals surface area contributed by atoms with E-state index in [-0.39, 0.29) is 11.8 Å². The average Bonchev–Trinajstić information content (AvgIpc) is 2.44. The number of rotatable bonds is 2. The highest BCUT2D eigenvalue weighted by Gasteiger charge is 2.33. The smallest absolute Gasteiger partial charge is 0.234 e. The van der Waals surface area contributed by atoms with Gasteiger partial charge in [0.1, 0.15) is 0 Å². The van der Waals surface area contributed by atoms with E-state index < -0.39 is 0 Å². The van der Waals surface area contributed by atoms with Crippen LogP contribution >= 0.6 is 15.9 Å². The van der Waals surface area contributed by atoms with Gasteiger partial charge in [0.15, 0.2) is 0 Å². The van der Waals surface area contributed by atoms with Gasteiger partial charge in [0.25, 0.3) is 0 Å². The normalized spacial score (nSPS) is 19.2. The Morgan fingerprint density at radius 3 is 3.00 bits per heavy atom. The third kappa shape index (κ3) is 1.61. The van der Waals surface area contributed by atoms with Gasteiger partial charge in [-0.3, -0.25) is 4.79 Å². The predicted molar refractivity (Wildman–Crippen MR) is 65.1 cm³/mol. The number of carbonyl (C=O) groups excluding carboxylic acids is 1. The number of carbonyl (C=O) groups is 1. The summed E-state index contributed by atoms with van der Waals surface area (Å²) in [4.78, 5) is 13.6. The van der Waals surface area contributed by atoms with Gasteiger partial charge >= 0.3 is 0 Å². The summed E-state index contributed by atoms with van der Waals surface area (Å²) >= 11 is 3.41. The largest absolute Gasteiger partial charge is 0.315 e. The first-order valence-corrected chi connectivity index (χ1v) is 5.62. The maximum absolute atomic E-state index is 11.9. The topological polar surface area (TPSA) is 20.3 Å². The van der Waals surface area contributed by atoms with E-state index in [0.717, 1.165) is 15.7 Å². The number of benzene rings is 1. The summed E-state index contributed by atoms with van der Waals surface area (Å²) in [6.45, 7) is 3.69. The molecule has 1 atom stereocenters. The Morgan fingerprint density at radius 1 is 1.60 bits per heavy atom. The van der Waals surface area contributed by atoms with Crippen LogP contribution in [0.1, 0.15) is 17.9 Å². The Kier molecular flexibility index (Phi) is 2.65. The van der Waals surface area contributed by atoms with Crippen LogP contribution in [0.4, 0.5) is 5.69 Å². The fourth-order valence-corrected chi connectivity index (χ4v) is 2.33. The molecule has 78 valence electrons. The molecule has 0 radical (unpaired) electrons. The van der Waals surface area contributed by atoms with Gasteiger partial charge in [-0.1, -0.05) is 28.1 Å². The molecular weight excluding hydrogens is 254 g/mol. The lowest BCUT2D eigenvalue weighted by atomic mass is 9.97. The van der Waals surface area contributed by atoms with Crippen molar-refractivity contribution >= 4 is 27.5 Å². The molecule has 0 saturated carbocycles. The Morgan fingerprint density at radius 2 is 2.33 bits per heavy atom. The third-order valence-corrected chi connectivity index (χ3v) is 3.25. The molecule has 0 N–H and O–H groups in total. The number of hydrogen-bond acceptors (Lipinski definition) is 1. The summed E-state index contributed by atoms with van der Waals surface area (Å²) in [6.07, 6.45) is 2.51. The van der Waals surface area contributed by atoms with E-state index in [1.807, 2.05) is 25.2 Å². The Labute approximate surface area is 97.7 Å². The van der Waals surface area contributed by atoms with Crippen molar-refractivity contribution in [1.29, 1.82) is 0 Å². The fourth-order valence-electron chi connectivity index (χ4n) is 1.98. The molecule has 0 aromatic heterocycles. The van der Waals surface area contributed by atoms with Crippen LogP contribution in [0.25, 0.3) is 0 Å². The van der Waals surface area contributed by atoms with Gasteiger partial charge in [0, 0.05) is 17.2 Å². The van der Waals surface area contributed by atoms with E-state index in [4.69, 9.17) is 0 Å². The monoisotopic (exact) mass is 265 g/mol. The van der Waals surface area contributed by atoms with Crippen LogP contribution in [0.2, 0.25) is 0 Å². The summed E-state index contributed by atoms with van der Waals surface area (Å²) in [5.74, 6) is 0.110. The molecule has 3 heteroatoms. The van der Waals surface area contributed by atoms with Crippen molar-refractivity contribution in [2.45, 2.75) is 12.3 Å². The second kappa shape index (κ2) is 3.81. The van der Waals surface area contributed by atoms with E-state index in [0.29, 0.717) is 6.42 Å². The van der Waals surface area contributed by atoms with Crippen LogP contribution in [0.5, 0.6) is 0 Å². The minimum Gasteiger partial charge on any atom is -0.315 e. The van der Waals surface area contributed by atoms with Crippen molar-refractivity contribution in [3.8, 4) is 0 Å². The van der Waals surface area contributed by atoms with Gasteiger partial charge in [-0.15, -0.1) is 6.58 Å². The Hall–Kier alpha value is -1.09. The standard InChI is InChI=1S/C12H12BrNO/c1-3-4-10-9-6-5-8(13)7-11(9)14(2)12(10)15/h3,5-7,10H,1,4H2,2H3. The first-order valence-electron chi connectivity index (χ1n) is 4.83. The predicted octanol–water partition coefficient (Wildman–Crippen LogP) is 3.09. The van der Waals surface area contributed by atoms with Crippen LogP contribution in [0, 0.1) is 0 Å². The quantitative estimate of drug-likeness (QED) is 0.753. The molecule has 0 bridgehead atoms. The highest BCUT2D eigenvalue weighted by atomic mass is 79.9. The lowest BCUT2D eigenvalue weighted by Crippen LogP contribution is -2.23. The van der Waals surface area contributed by atoms with Crippen molar-refractivity contribution in [3.63, 3.8) is 0 Å². The van der Waals surface area contributed by atoms with Gasteiger partial charge in [-0.2, -0.15) is 0 Å². The van der Waals surface area contributed by atoms with Crippen molar-refractivity contribution in [2.24, 2.45) is 0 Å². The summed E-state index contributed by atoms with van der Waals surface area (Å²) < 4.78 is 1.00. The summed E-state index contributed by atoms with van der Waals surface area (Å²) in [5.41, 5.74) is 2.10. The molecule has 1 aromatic rings. The zero-order chi connectivity index (χ0) is 11.0. The van der Waals surface area contributed by atoms with Gasteiger partial charge in [0.05, 0.1) is 5.92 Å². The second-order valence-corrected chi connectivity index (χ2v) is 4.59. The Balaban J connectivity index is 2.50. The average molecular weight is 266 g/mol. The Bertz CT molecular complexity index is 428. The van der Waals surface area contributed by atoms with Crippen LogP contribution in [-0.4, -0.2) is 13.0 Å². The second-order valence-electron chi connectivity index (χ2n) is 3.68. The lowest BCUT2D eigenvalue weighted by Gasteiger charge is -2.10.